The molecular formula is C20H21F2N3O7. The smallest absolute Gasteiger partial charge is 0.372 e. The number of carbonyl (C=O) groups is 2. The molecular weight excluding hydrogens is 432 g/mol. The van der Waals surface area contributed by atoms with Gasteiger partial charge in [-0.3, -0.25) is 4.79 Å². The second kappa shape index (κ2) is 8.79. The summed E-state index contributed by atoms with van der Waals surface area (Å²) in [5.74, 6) is -7.10. The predicted octanol–water partition coefficient (Wildman–Crippen LogP) is -0.240. The summed E-state index contributed by atoms with van der Waals surface area (Å²) in [5.41, 5.74) is -0.144. The van der Waals surface area contributed by atoms with Crippen LogP contribution >= 0.6 is 0 Å². The number of aliphatic carboxylic acids is 1. The summed E-state index contributed by atoms with van der Waals surface area (Å²) in [6.07, 6.45) is -7.70. The molecule has 2 aromatic rings. The van der Waals surface area contributed by atoms with Gasteiger partial charge in [-0.25, -0.2) is 9.18 Å². The Morgan fingerprint density at radius 1 is 1.38 bits per heavy atom. The number of hydrogen-bond acceptors (Lipinski definition) is 7. The minimum absolute atomic E-state index is 0.144. The van der Waals surface area contributed by atoms with Crippen molar-refractivity contribution in [3.05, 3.63) is 36.2 Å². The second-order valence-corrected chi connectivity index (χ2v) is 7.48. The first-order valence-corrected chi connectivity index (χ1v) is 9.54. The third-order valence-corrected chi connectivity index (χ3v) is 5.44. The topological polar surface area (TPSA) is 165 Å². The number of aliphatic hydroxyl groups is 3. The maximum Gasteiger partial charge on any atom is 0.372 e. The maximum atomic E-state index is 15.5. The number of carboxylic acid groups (broad SMARTS) is 1. The molecule has 7 atom stereocenters. The number of benzene rings is 1. The third-order valence-electron chi connectivity index (χ3n) is 5.44. The number of aromatic nitrogens is 1. The van der Waals surface area contributed by atoms with Crippen molar-refractivity contribution < 1.29 is 43.5 Å². The Morgan fingerprint density at radius 2 is 2.03 bits per heavy atom. The highest BCUT2D eigenvalue weighted by Gasteiger charge is 2.63. The summed E-state index contributed by atoms with van der Waals surface area (Å²) in [4.78, 5) is 23.5. The van der Waals surface area contributed by atoms with Gasteiger partial charge in [-0.1, -0.05) is 24.3 Å². The van der Waals surface area contributed by atoms with Gasteiger partial charge >= 0.3 is 11.8 Å². The van der Waals surface area contributed by atoms with Crippen molar-refractivity contribution >= 4 is 22.6 Å². The third kappa shape index (κ3) is 3.80. The highest BCUT2D eigenvalue weighted by atomic mass is 19.2. The van der Waals surface area contributed by atoms with Gasteiger partial charge < -0.3 is 35.0 Å². The molecule has 12 heteroatoms. The fourth-order valence-electron chi connectivity index (χ4n) is 3.96. The monoisotopic (exact) mass is 453 g/mol. The molecule has 1 saturated heterocycles. The molecule has 0 saturated carbocycles. The number of amides is 1. The van der Waals surface area contributed by atoms with Gasteiger partial charge in [0.15, 0.2) is 6.17 Å². The number of nitrogens with one attached hydrogen (secondary N) is 1. The average molecular weight is 453 g/mol. The quantitative estimate of drug-likeness (QED) is 0.400. The first-order valence-electron chi connectivity index (χ1n) is 9.54. The number of halogens is 2. The summed E-state index contributed by atoms with van der Waals surface area (Å²) < 4.78 is 36.6. The number of hydrogen-bond donors (Lipinski definition) is 5. The molecule has 1 aliphatic heterocycles. The molecule has 3 rings (SSSR count). The highest BCUT2D eigenvalue weighted by molar-refractivity contribution is 5.88. The number of nitriles is 1. The van der Waals surface area contributed by atoms with Gasteiger partial charge in [-0.05, 0) is 0 Å². The van der Waals surface area contributed by atoms with E-state index in [0.717, 1.165) is 11.5 Å². The minimum atomic E-state index is -4.00. The molecule has 1 amide bonds. The zero-order valence-corrected chi connectivity index (χ0v) is 16.7. The fraction of sp³-hybridized carbons (Fsp3) is 0.450. The first kappa shape index (κ1) is 23.6. The van der Waals surface area contributed by atoms with Gasteiger partial charge in [0.2, 0.25) is 5.91 Å². The van der Waals surface area contributed by atoms with Crippen LogP contribution in [0.2, 0.25) is 0 Å². The van der Waals surface area contributed by atoms with Crippen LogP contribution in [0, 0.1) is 11.3 Å². The van der Waals surface area contributed by atoms with E-state index in [-0.39, 0.29) is 5.69 Å². The molecule has 32 heavy (non-hydrogen) atoms. The standard InChI is InChI=1S/C20H21F2N3O7/c1-9(27)24-14-15(25-7-10-4-2-3-5-11(10)12(25)6-23)18(21)20(22,19(30)31)32-17(14)16(29)13(28)8-26/h2-5,7,13-18,26,28-29H,8H2,1H3,(H,24,27)(H,30,31)/t13-,14-,15-,16-,17-,18?,20?/m1/s1. The number of alkyl halides is 2. The van der Waals surface area contributed by atoms with Gasteiger partial charge in [0.1, 0.15) is 30.1 Å². The predicted molar refractivity (Wildman–Crippen MR) is 104 cm³/mol. The summed E-state index contributed by atoms with van der Waals surface area (Å²) in [7, 11) is 0. The molecule has 1 aliphatic rings. The van der Waals surface area contributed by atoms with E-state index in [2.05, 4.69) is 5.32 Å². The van der Waals surface area contributed by atoms with Gasteiger partial charge in [0, 0.05) is 23.9 Å². The van der Waals surface area contributed by atoms with Crippen molar-refractivity contribution in [3.63, 3.8) is 0 Å². The molecule has 1 fully saturated rings. The van der Waals surface area contributed by atoms with Crippen molar-refractivity contribution in [2.24, 2.45) is 0 Å². The van der Waals surface area contributed by atoms with Gasteiger partial charge in [-0.15, -0.1) is 0 Å². The maximum absolute atomic E-state index is 15.5. The van der Waals surface area contributed by atoms with E-state index in [1.54, 1.807) is 24.3 Å². The van der Waals surface area contributed by atoms with Gasteiger partial charge in [0.25, 0.3) is 0 Å². The number of fused-ring (bicyclic) bond motifs is 1. The Hall–Kier alpha value is -3.11. The number of aliphatic hydroxyl groups excluding tert-OH is 3. The van der Waals surface area contributed by atoms with E-state index >= 15 is 8.78 Å². The lowest BCUT2D eigenvalue weighted by Gasteiger charge is -2.47. The molecule has 172 valence electrons. The summed E-state index contributed by atoms with van der Waals surface area (Å²) in [6, 6.07) is 4.75. The zero-order valence-electron chi connectivity index (χ0n) is 16.7. The van der Waals surface area contributed by atoms with Crippen molar-refractivity contribution in [1.29, 1.82) is 5.26 Å². The Labute approximate surface area is 180 Å². The lowest BCUT2D eigenvalue weighted by molar-refractivity contribution is -0.282. The van der Waals surface area contributed by atoms with E-state index in [4.69, 9.17) is 4.74 Å². The zero-order chi connectivity index (χ0) is 23.8. The van der Waals surface area contributed by atoms with Crippen LogP contribution in [0.15, 0.2) is 30.5 Å². The molecule has 1 aromatic heterocycles. The Kier molecular flexibility index (Phi) is 6.47. The molecule has 2 heterocycles. The van der Waals surface area contributed by atoms with Crippen LogP contribution in [0.1, 0.15) is 18.7 Å². The van der Waals surface area contributed by atoms with Crippen molar-refractivity contribution in [3.8, 4) is 6.07 Å². The van der Waals surface area contributed by atoms with Crippen LogP contribution in [0.3, 0.4) is 0 Å². The van der Waals surface area contributed by atoms with Crippen LogP contribution in [0.4, 0.5) is 8.78 Å². The largest absolute Gasteiger partial charge is 0.477 e. The van der Waals surface area contributed by atoms with Crippen LogP contribution in [0.5, 0.6) is 0 Å². The summed E-state index contributed by atoms with van der Waals surface area (Å²) >= 11 is 0. The van der Waals surface area contributed by atoms with Crippen molar-refractivity contribution in [2.45, 2.75) is 49.3 Å². The number of nitrogens with zero attached hydrogens (tertiary/aromatic N) is 2. The molecule has 0 spiro atoms. The summed E-state index contributed by atoms with van der Waals surface area (Å²) in [6.45, 7) is 0.0306. The molecule has 2 unspecified atom stereocenters. The Balaban J connectivity index is 2.27. The molecule has 1 aromatic carbocycles. The summed E-state index contributed by atoms with van der Waals surface area (Å²) in [5, 5.41) is 51.6. The first-order chi connectivity index (χ1) is 15.1. The van der Waals surface area contributed by atoms with E-state index in [0.29, 0.717) is 10.8 Å². The average Bonchev–Trinajstić information content (AvgIpc) is 3.12. The van der Waals surface area contributed by atoms with Crippen LogP contribution in [0.25, 0.3) is 10.8 Å². The number of carboxylic acids is 1. The van der Waals surface area contributed by atoms with E-state index in [1.165, 1.54) is 6.20 Å². The lowest BCUT2D eigenvalue weighted by Crippen LogP contribution is -2.69. The van der Waals surface area contributed by atoms with E-state index in [9.17, 15) is 35.3 Å². The number of ether oxygens (including phenoxy) is 1. The molecule has 10 nitrogen and oxygen atoms in total. The lowest BCUT2D eigenvalue weighted by atomic mass is 9.85. The van der Waals surface area contributed by atoms with Crippen molar-refractivity contribution in [2.75, 3.05) is 6.61 Å². The van der Waals surface area contributed by atoms with E-state index in [1.807, 2.05) is 6.07 Å². The Bertz CT molecular complexity index is 1070. The van der Waals surface area contributed by atoms with E-state index < -0.39 is 60.9 Å². The Morgan fingerprint density at radius 3 is 2.59 bits per heavy atom. The molecule has 0 radical (unpaired) electrons. The van der Waals surface area contributed by atoms with Gasteiger partial charge in [-0.2, -0.15) is 9.65 Å². The van der Waals surface area contributed by atoms with Crippen LogP contribution < -0.4 is 5.32 Å². The second-order valence-electron chi connectivity index (χ2n) is 7.48. The molecule has 0 bridgehead atoms. The molecule has 0 aliphatic carbocycles. The van der Waals surface area contributed by atoms with Crippen LogP contribution in [-0.2, 0) is 14.3 Å². The number of rotatable bonds is 6. The van der Waals surface area contributed by atoms with Gasteiger partial charge in [0.05, 0.1) is 18.7 Å². The van der Waals surface area contributed by atoms with Crippen LogP contribution in [-0.4, -0.2) is 79.9 Å². The normalized spacial score (nSPS) is 29.8. The fourth-order valence-corrected chi connectivity index (χ4v) is 3.96. The molecule has 5 N–H and O–H groups in total. The SMILES string of the molecule is CC(=O)N[C@H]1[C@H]([C@H](O)[C@H](O)CO)OC(F)(C(=O)O)C(F)[C@@H]1n1cc2ccccc2c1C#N. The number of carbonyl (C=O) groups excluding carboxylic acids is 1. The minimum Gasteiger partial charge on any atom is -0.477 e. The van der Waals surface area contributed by atoms with Crippen molar-refractivity contribution in [1.82, 2.24) is 9.88 Å². The highest BCUT2D eigenvalue weighted by Crippen LogP contribution is 2.43.